The van der Waals surface area contributed by atoms with Gasteiger partial charge < -0.3 is 11.1 Å². The Balaban J connectivity index is 2.17. The average Bonchev–Trinajstić information content (AvgIpc) is 2.76. The van der Waals surface area contributed by atoms with Crippen LogP contribution >= 0.6 is 12.2 Å². The second-order valence-electron chi connectivity index (χ2n) is 4.80. The van der Waals surface area contributed by atoms with Crippen molar-refractivity contribution in [2.45, 2.75) is 37.6 Å². The third kappa shape index (κ3) is 2.38. The number of hydrogen-bond donors (Lipinski definition) is 2. The Bertz CT molecular complexity index is 462. The summed E-state index contributed by atoms with van der Waals surface area (Å²) in [5, 5.41) is 7.00. The van der Waals surface area contributed by atoms with Crippen molar-refractivity contribution in [2.24, 2.45) is 12.8 Å². The molecule has 0 radical (unpaired) electrons. The van der Waals surface area contributed by atoms with E-state index in [1.165, 1.54) is 6.42 Å². The number of carbonyl (C=O) groups excluding carboxylic acids is 1. The molecule has 0 spiro atoms. The van der Waals surface area contributed by atoms with Crippen molar-refractivity contribution in [1.82, 2.24) is 15.1 Å². The Morgan fingerprint density at radius 2 is 2.17 bits per heavy atom. The van der Waals surface area contributed by atoms with E-state index in [9.17, 15) is 4.79 Å². The van der Waals surface area contributed by atoms with E-state index in [1.807, 2.05) is 0 Å². The fourth-order valence-electron chi connectivity index (χ4n) is 2.47. The standard InChI is InChI=1S/C12H18N4OS/c1-16-9(5-8-14-16)10(17)15-12(11(13)18)6-3-2-4-7-12/h5,8H,2-4,6-7H2,1H3,(H2,13,18)(H,15,17). The lowest BCUT2D eigenvalue weighted by Crippen LogP contribution is -2.57. The molecule has 1 aliphatic rings. The summed E-state index contributed by atoms with van der Waals surface area (Å²) in [6.07, 6.45) is 6.51. The number of carbonyl (C=O) groups is 1. The minimum Gasteiger partial charge on any atom is -0.391 e. The van der Waals surface area contributed by atoms with Crippen LogP contribution in [0, 0.1) is 0 Å². The summed E-state index contributed by atoms with van der Waals surface area (Å²) in [6, 6.07) is 1.69. The average molecular weight is 266 g/mol. The Hall–Kier alpha value is -1.43. The number of nitrogens with zero attached hydrogens (tertiary/aromatic N) is 2. The molecule has 0 unspecified atom stereocenters. The van der Waals surface area contributed by atoms with Crippen molar-refractivity contribution in [3.05, 3.63) is 18.0 Å². The molecular formula is C12H18N4OS. The highest BCUT2D eigenvalue weighted by Gasteiger charge is 2.37. The van der Waals surface area contributed by atoms with Gasteiger partial charge >= 0.3 is 0 Å². The van der Waals surface area contributed by atoms with Crippen LogP contribution in [0.5, 0.6) is 0 Å². The van der Waals surface area contributed by atoms with Gasteiger partial charge in [-0.1, -0.05) is 31.5 Å². The monoisotopic (exact) mass is 266 g/mol. The summed E-state index contributed by atoms with van der Waals surface area (Å²) in [4.78, 5) is 12.6. The van der Waals surface area contributed by atoms with E-state index in [-0.39, 0.29) is 5.91 Å². The number of nitrogens with one attached hydrogen (secondary N) is 1. The van der Waals surface area contributed by atoms with Crippen molar-refractivity contribution in [3.8, 4) is 0 Å². The quantitative estimate of drug-likeness (QED) is 0.805. The third-order valence-corrected chi connectivity index (χ3v) is 3.98. The molecule has 0 saturated heterocycles. The Morgan fingerprint density at radius 1 is 1.50 bits per heavy atom. The van der Waals surface area contributed by atoms with E-state index in [1.54, 1.807) is 24.0 Å². The fraction of sp³-hybridized carbons (Fsp3) is 0.583. The van der Waals surface area contributed by atoms with E-state index in [4.69, 9.17) is 18.0 Å². The maximum absolute atomic E-state index is 12.2. The molecule has 5 nitrogen and oxygen atoms in total. The SMILES string of the molecule is Cn1nccc1C(=O)NC1(C(N)=S)CCCCC1. The van der Waals surface area contributed by atoms with E-state index in [2.05, 4.69) is 10.4 Å². The van der Waals surface area contributed by atoms with Gasteiger partial charge in [-0.15, -0.1) is 0 Å². The van der Waals surface area contributed by atoms with Gasteiger partial charge in [-0.3, -0.25) is 9.48 Å². The summed E-state index contributed by atoms with van der Waals surface area (Å²) < 4.78 is 1.55. The van der Waals surface area contributed by atoms with Gasteiger partial charge in [-0.2, -0.15) is 5.10 Å². The van der Waals surface area contributed by atoms with E-state index in [0.717, 1.165) is 25.7 Å². The molecule has 1 fully saturated rings. The second-order valence-corrected chi connectivity index (χ2v) is 5.24. The van der Waals surface area contributed by atoms with Crippen molar-refractivity contribution in [3.63, 3.8) is 0 Å². The second kappa shape index (κ2) is 5.06. The van der Waals surface area contributed by atoms with Crippen LogP contribution in [0.3, 0.4) is 0 Å². The van der Waals surface area contributed by atoms with Crippen molar-refractivity contribution < 1.29 is 4.79 Å². The fourth-order valence-corrected chi connectivity index (χ4v) is 2.72. The highest BCUT2D eigenvalue weighted by molar-refractivity contribution is 7.80. The molecule has 0 atom stereocenters. The molecule has 2 rings (SSSR count). The van der Waals surface area contributed by atoms with Crippen LogP contribution in [-0.4, -0.2) is 26.2 Å². The van der Waals surface area contributed by atoms with Gasteiger partial charge in [0.15, 0.2) is 0 Å². The first-order chi connectivity index (χ1) is 8.55. The molecule has 0 aromatic carbocycles. The van der Waals surface area contributed by atoms with Gasteiger partial charge in [0, 0.05) is 13.2 Å². The number of hydrogen-bond acceptors (Lipinski definition) is 3. The summed E-state index contributed by atoms with van der Waals surface area (Å²) in [7, 11) is 1.74. The third-order valence-electron chi connectivity index (χ3n) is 3.59. The number of rotatable bonds is 3. The lowest BCUT2D eigenvalue weighted by molar-refractivity contribution is 0.0898. The smallest absolute Gasteiger partial charge is 0.270 e. The Labute approximate surface area is 112 Å². The van der Waals surface area contributed by atoms with E-state index >= 15 is 0 Å². The lowest BCUT2D eigenvalue weighted by Gasteiger charge is -2.37. The highest BCUT2D eigenvalue weighted by atomic mass is 32.1. The molecule has 1 aromatic heterocycles. The highest BCUT2D eigenvalue weighted by Crippen LogP contribution is 2.28. The van der Waals surface area contributed by atoms with E-state index < -0.39 is 5.54 Å². The number of aromatic nitrogens is 2. The normalized spacial score (nSPS) is 18.3. The first kappa shape index (κ1) is 13.0. The van der Waals surface area contributed by atoms with E-state index in [0.29, 0.717) is 10.7 Å². The molecule has 18 heavy (non-hydrogen) atoms. The van der Waals surface area contributed by atoms with Crippen LogP contribution in [0.1, 0.15) is 42.6 Å². The van der Waals surface area contributed by atoms with Gasteiger partial charge in [-0.05, 0) is 18.9 Å². The van der Waals surface area contributed by atoms with Crippen LogP contribution in [0.4, 0.5) is 0 Å². The van der Waals surface area contributed by atoms with Crippen LogP contribution in [-0.2, 0) is 7.05 Å². The molecule has 1 aromatic rings. The number of aryl methyl sites for hydroxylation is 1. The molecule has 3 N–H and O–H groups in total. The first-order valence-corrected chi connectivity index (χ1v) is 6.56. The van der Waals surface area contributed by atoms with Crippen LogP contribution in [0.25, 0.3) is 0 Å². The molecule has 1 saturated carbocycles. The summed E-state index contributed by atoms with van der Waals surface area (Å²) in [5.41, 5.74) is 5.84. The largest absolute Gasteiger partial charge is 0.391 e. The molecule has 0 aliphatic heterocycles. The molecule has 98 valence electrons. The van der Waals surface area contributed by atoms with Crippen LogP contribution < -0.4 is 11.1 Å². The van der Waals surface area contributed by atoms with Gasteiger partial charge in [0.1, 0.15) is 5.69 Å². The summed E-state index contributed by atoms with van der Waals surface area (Å²) in [6.45, 7) is 0. The molecule has 6 heteroatoms. The Morgan fingerprint density at radius 3 is 2.67 bits per heavy atom. The van der Waals surface area contributed by atoms with Gasteiger partial charge in [0.05, 0.1) is 10.5 Å². The summed E-state index contributed by atoms with van der Waals surface area (Å²) >= 11 is 5.15. The molecule has 1 heterocycles. The Kier molecular flexibility index (Phi) is 3.65. The van der Waals surface area contributed by atoms with Crippen molar-refractivity contribution in [2.75, 3.05) is 0 Å². The van der Waals surface area contributed by atoms with Gasteiger partial charge in [0.2, 0.25) is 0 Å². The number of thiocarbonyl (C=S) groups is 1. The number of amides is 1. The zero-order valence-corrected chi connectivity index (χ0v) is 11.3. The minimum atomic E-state index is -0.519. The zero-order valence-electron chi connectivity index (χ0n) is 10.5. The maximum atomic E-state index is 12.2. The molecule has 0 bridgehead atoms. The molecule has 1 aliphatic carbocycles. The number of nitrogens with two attached hydrogens (primary N) is 1. The minimum absolute atomic E-state index is 0.162. The predicted molar refractivity (Wildman–Crippen MR) is 73.3 cm³/mol. The van der Waals surface area contributed by atoms with Crippen molar-refractivity contribution in [1.29, 1.82) is 0 Å². The maximum Gasteiger partial charge on any atom is 0.270 e. The van der Waals surface area contributed by atoms with Crippen molar-refractivity contribution >= 4 is 23.1 Å². The zero-order chi connectivity index (χ0) is 13.2. The lowest BCUT2D eigenvalue weighted by atomic mass is 9.81. The topological polar surface area (TPSA) is 72.9 Å². The van der Waals surface area contributed by atoms with Crippen LogP contribution in [0.15, 0.2) is 12.3 Å². The first-order valence-electron chi connectivity index (χ1n) is 6.16. The molecular weight excluding hydrogens is 248 g/mol. The van der Waals surface area contributed by atoms with Crippen LogP contribution in [0.2, 0.25) is 0 Å². The molecule has 1 amide bonds. The summed E-state index contributed by atoms with van der Waals surface area (Å²) in [5.74, 6) is -0.162. The predicted octanol–water partition coefficient (Wildman–Crippen LogP) is 1.14. The van der Waals surface area contributed by atoms with Gasteiger partial charge in [0.25, 0.3) is 5.91 Å². The van der Waals surface area contributed by atoms with Gasteiger partial charge in [-0.25, -0.2) is 0 Å².